The van der Waals surface area contributed by atoms with Crippen molar-refractivity contribution in [2.75, 3.05) is 12.4 Å². The molecular formula is C22H23N7O. The second kappa shape index (κ2) is 7.38. The fraction of sp³-hybridized carbons (Fsp3) is 0.273. The van der Waals surface area contributed by atoms with Crippen molar-refractivity contribution in [3.63, 3.8) is 0 Å². The van der Waals surface area contributed by atoms with Crippen molar-refractivity contribution in [3.8, 4) is 17.1 Å². The molecule has 4 aromatic heterocycles. The molecule has 152 valence electrons. The molecule has 1 aliphatic rings. The summed E-state index contributed by atoms with van der Waals surface area (Å²) in [6.07, 6.45) is 7.42. The first-order valence-electron chi connectivity index (χ1n) is 10.1. The van der Waals surface area contributed by atoms with Gasteiger partial charge in [-0.2, -0.15) is 5.10 Å². The van der Waals surface area contributed by atoms with Gasteiger partial charge < -0.3 is 15.6 Å². The highest BCUT2D eigenvalue weighted by Crippen LogP contribution is 2.33. The van der Waals surface area contributed by atoms with Gasteiger partial charge in [0.05, 0.1) is 28.3 Å². The highest BCUT2D eigenvalue weighted by Gasteiger charge is 2.30. The summed E-state index contributed by atoms with van der Waals surface area (Å²) in [6.45, 7) is 2.64. The van der Waals surface area contributed by atoms with Crippen LogP contribution in [0.1, 0.15) is 24.1 Å². The van der Waals surface area contributed by atoms with Crippen molar-refractivity contribution in [2.45, 2.75) is 26.3 Å². The first kappa shape index (κ1) is 18.5. The number of amides is 1. The smallest absolute Gasteiger partial charge is 0.228 e. The number of nitrogens with one attached hydrogen (secondary N) is 3. The maximum Gasteiger partial charge on any atom is 0.228 e. The zero-order chi connectivity index (χ0) is 20.7. The van der Waals surface area contributed by atoms with E-state index in [1.807, 2.05) is 49.2 Å². The van der Waals surface area contributed by atoms with Crippen LogP contribution in [0.15, 0.2) is 42.9 Å². The molecule has 1 fully saturated rings. The summed E-state index contributed by atoms with van der Waals surface area (Å²) in [5.41, 5.74) is 5.42. The SMILES string of the molecule is CNCc1cnc(NC(=O)C2CC2)c2[nH]c(-c3cc(-n4ccc(C)n4)ccn3)cc12. The molecule has 4 aromatic rings. The molecule has 0 spiro atoms. The van der Waals surface area contributed by atoms with Crippen molar-refractivity contribution in [2.24, 2.45) is 5.92 Å². The number of aryl methyl sites for hydroxylation is 1. The summed E-state index contributed by atoms with van der Waals surface area (Å²) in [5, 5.41) is 11.7. The zero-order valence-electron chi connectivity index (χ0n) is 16.9. The Morgan fingerprint density at radius 2 is 2.13 bits per heavy atom. The topological polar surface area (TPSA) is 101 Å². The van der Waals surface area contributed by atoms with Crippen LogP contribution in [0.5, 0.6) is 0 Å². The Kier molecular flexibility index (Phi) is 4.55. The standard InChI is InChI=1S/C22H23N7O/c1-13-6-8-29(28-13)16-5-7-24-18(9-16)19-10-17-15(11-23-2)12-25-21(20(17)26-19)27-22(30)14-3-4-14/h5-10,12,14,23,26H,3-4,11H2,1-2H3,(H,25,27,30). The summed E-state index contributed by atoms with van der Waals surface area (Å²) in [5.74, 6) is 0.714. The van der Waals surface area contributed by atoms with Gasteiger partial charge in [0.2, 0.25) is 5.91 Å². The molecule has 0 atom stereocenters. The van der Waals surface area contributed by atoms with E-state index < -0.39 is 0 Å². The van der Waals surface area contributed by atoms with Crippen LogP contribution in [-0.4, -0.2) is 37.7 Å². The molecule has 3 N–H and O–H groups in total. The van der Waals surface area contributed by atoms with E-state index >= 15 is 0 Å². The summed E-state index contributed by atoms with van der Waals surface area (Å²) in [7, 11) is 1.90. The normalized spacial score (nSPS) is 13.7. The number of aromatic nitrogens is 5. The molecule has 8 nitrogen and oxygen atoms in total. The Hall–Kier alpha value is -3.52. The van der Waals surface area contributed by atoms with Gasteiger partial charge in [0.15, 0.2) is 5.82 Å². The minimum Gasteiger partial charge on any atom is -0.350 e. The van der Waals surface area contributed by atoms with E-state index in [1.165, 1.54) is 0 Å². The van der Waals surface area contributed by atoms with Gasteiger partial charge in [-0.15, -0.1) is 0 Å². The average molecular weight is 401 g/mol. The third-order valence-corrected chi connectivity index (χ3v) is 5.31. The first-order chi connectivity index (χ1) is 14.6. The van der Waals surface area contributed by atoms with Crippen LogP contribution in [0.2, 0.25) is 0 Å². The first-order valence-corrected chi connectivity index (χ1v) is 10.1. The van der Waals surface area contributed by atoms with Crippen LogP contribution in [0.3, 0.4) is 0 Å². The quantitative estimate of drug-likeness (QED) is 0.461. The number of anilines is 1. The monoisotopic (exact) mass is 401 g/mol. The molecule has 5 rings (SSSR count). The molecule has 0 unspecified atom stereocenters. The number of fused-ring (bicyclic) bond motifs is 1. The molecule has 0 radical (unpaired) electrons. The van der Waals surface area contributed by atoms with E-state index in [4.69, 9.17) is 0 Å². The Morgan fingerprint density at radius 1 is 1.27 bits per heavy atom. The van der Waals surface area contributed by atoms with E-state index in [2.05, 4.69) is 36.8 Å². The molecule has 1 amide bonds. The summed E-state index contributed by atoms with van der Waals surface area (Å²) >= 11 is 0. The lowest BCUT2D eigenvalue weighted by Gasteiger charge is -2.08. The molecule has 1 saturated carbocycles. The molecule has 30 heavy (non-hydrogen) atoms. The zero-order valence-corrected chi connectivity index (χ0v) is 16.9. The minimum absolute atomic E-state index is 0.0375. The second-order valence-corrected chi connectivity index (χ2v) is 7.70. The van der Waals surface area contributed by atoms with Gasteiger partial charge in [-0.3, -0.25) is 9.78 Å². The highest BCUT2D eigenvalue weighted by molar-refractivity contribution is 6.02. The lowest BCUT2D eigenvalue weighted by atomic mass is 10.1. The van der Waals surface area contributed by atoms with E-state index in [0.29, 0.717) is 12.4 Å². The van der Waals surface area contributed by atoms with Gasteiger partial charge in [0.1, 0.15) is 0 Å². The van der Waals surface area contributed by atoms with Crippen molar-refractivity contribution in [1.29, 1.82) is 0 Å². The van der Waals surface area contributed by atoms with Gasteiger partial charge in [-0.1, -0.05) is 0 Å². The van der Waals surface area contributed by atoms with E-state index in [-0.39, 0.29) is 11.8 Å². The third kappa shape index (κ3) is 3.46. The number of aromatic amines is 1. The number of hydrogen-bond donors (Lipinski definition) is 3. The maximum atomic E-state index is 12.3. The lowest BCUT2D eigenvalue weighted by molar-refractivity contribution is -0.117. The van der Waals surface area contributed by atoms with Gasteiger partial charge in [-0.25, -0.2) is 9.67 Å². The molecule has 1 aliphatic carbocycles. The summed E-state index contributed by atoms with van der Waals surface area (Å²) < 4.78 is 1.83. The van der Waals surface area contributed by atoms with Crippen LogP contribution in [-0.2, 0) is 11.3 Å². The number of rotatable bonds is 6. The van der Waals surface area contributed by atoms with Gasteiger partial charge in [0.25, 0.3) is 0 Å². The number of nitrogens with zero attached hydrogens (tertiary/aromatic N) is 4. The van der Waals surface area contributed by atoms with E-state index in [0.717, 1.165) is 52.1 Å². The number of carbonyl (C=O) groups is 1. The predicted octanol–water partition coefficient (Wildman–Crippen LogP) is 3.19. The average Bonchev–Trinajstić information content (AvgIpc) is 3.36. The fourth-order valence-corrected chi connectivity index (χ4v) is 3.57. The molecular weight excluding hydrogens is 378 g/mol. The molecule has 0 saturated heterocycles. The maximum absolute atomic E-state index is 12.3. The van der Waals surface area contributed by atoms with Crippen LogP contribution in [0, 0.1) is 12.8 Å². The van der Waals surface area contributed by atoms with E-state index in [1.54, 1.807) is 6.20 Å². The Morgan fingerprint density at radius 3 is 2.87 bits per heavy atom. The second-order valence-electron chi connectivity index (χ2n) is 7.70. The largest absolute Gasteiger partial charge is 0.350 e. The van der Waals surface area contributed by atoms with Gasteiger partial charge in [-0.05, 0) is 56.6 Å². The summed E-state index contributed by atoms with van der Waals surface area (Å²) in [4.78, 5) is 24.8. The van der Waals surface area contributed by atoms with Crippen molar-refractivity contribution in [1.82, 2.24) is 30.0 Å². The van der Waals surface area contributed by atoms with E-state index in [9.17, 15) is 4.79 Å². The molecule has 4 heterocycles. The Labute approximate surface area is 173 Å². The van der Waals surface area contributed by atoms with Crippen LogP contribution in [0.25, 0.3) is 28.0 Å². The Balaban J connectivity index is 1.57. The summed E-state index contributed by atoms with van der Waals surface area (Å²) in [6, 6.07) is 7.95. The number of pyridine rings is 2. The van der Waals surface area contributed by atoms with Gasteiger partial charge in [0, 0.05) is 36.4 Å². The van der Waals surface area contributed by atoms with Crippen molar-refractivity contribution >= 4 is 22.6 Å². The fourth-order valence-electron chi connectivity index (χ4n) is 3.57. The predicted molar refractivity (Wildman–Crippen MR) is 115 cm³/mol. The highest BCUT2D eigenvalue weighted by atomic mass is 16.2. The van der Waals surface area contributed by atoms with Crippen molar-refractivity contribution < 1.29 is 4.79 Å². The van der Waals surface area contributed by atoms with Gasteiger partial charge >= 0.3 is 0 Å². The molecule has 0 aliphatic heterocycles. The molecule has 0 aromatic carbocycles. The molecule has 0 bridgehead atoms. The number of H-pyrrole nitrogens is 1. The van der Waals surface area contributed by atoms with Crippen LogP contribution >= 0.6 is 0 Å². The van der Waals surface area contributed by atoms with Crippen molar-refractivity contribution in [3.05, 3.63) is 54.1 Å². The Bertz CT molecular complexity index is 1240. The third-order valence-electron chi connectivity index (χ3n) is 5.31. The van der Waals surface area contributed by atoms with Crippen LogP contribution < -0.4 is 10.6 Å². The van der Waals surface area contributed by atoms with Crippen LogP contribution in [0.4, 0.5) is 5.82 Å². The number of carbonyl (C=O) groups excluding carboxylic acids is 1. The lowest BCUT2D eigenvalue weighted by Crippen LogP contribution is -2.15. The number of hydrogen-bond acceptors (Lipinski definition) is 5. The molecule has 8 heteroatoms. The minimum atomic E-state index is 0.0375.